The van der Waals surface area contributed by atoms with Gasteiger partial charge in [-0.05, 0) is 48.9 Å². The first kappa shape index (κ1) is 24.7. The molecule has 0 fully saturated rings. The van der Waals surface area contributed by atoms with Crippen LogP contribution in [0.15, 0.2) is 59.8 Å². The van der Waals surface area contributed by atoms with Crippen molar-refractivity contribution in [1.29, 1.82) is 5.41 Å². The predicted octanol–water partition coefficient (Wildman–Crippen LogP) is 1.09. The Morgan fingerprint density at radius 2 is 1.71 bits per heavy atom. The second kappa shape index (κ2) is 11.3. The molecular weight excluding hydrogens is 428 g/mol. The van der Waals surface area contributed by atoms with Crippen LogP contribution in [0, 0.1) is 17.3 Å². The molecule has 2 aromatic carbocycles. The Hall–Kier alpha value is -3.93. The fraction of sp³-hybridized carbons (Fsp3) is 0.269. The third-order valence-corrected chi connectivity index (χ3v) is 5.66. The quantitative estimate of drug-likeness (QED) is 0.311. The van der Waals surface area contributed by atoms with Crippen LogP contribution in [0.4, 0.5) is 0 Å². The van der Waals surface area contributed by atoms with Gasteiger partial charge in [-0.3, -0.25) is 14.5 Å². The highest BCUT2D eigenvalue weighted by atomic mass is 16.2. The Morgan fingerprint density at radius 3 is 2.24 bits per heavy atom. The second-order valence-corrected chi connectivity index (χ2v) is 8.39. The maximum atomic E-state index is 12.3. The van der Waals surface area contributed by atoms with Crippen molar-refractivity contribution < 1.29 is 9.59 Å². The van der Waals surface area contributed by atoms with Crippen molar-refractivity contribution in [2.45, 2.75) is 32.0 Å². The van der Waals surface area contributed by atoms with E-state index < -0.39 is 23.9 Å². The van der Waals surface area contributed by atoms with E-state index in [1.165, 1.54) is 11.8 Å². The number of primary amides is 1. The molecule has 0 spiro atoms. The normalized spacial score (nSPS) is 15.6. The summed E-state index contributed by atoms with van der Waals surface area (Å²) in [5.74, 6) is 5.13. The topological polar surface area (TPSA) is 151 Å². The number of amides is 2. The number of nitrogens with zero attached hydrogens (tertiary/aromatic N) is 1. The predicted molar refractivity (Wildman–Crippen MR) is 133 cm³/mol. The Labute approximate surface area is 199 Å². The van der Waals surface area contributed by atoms with Crippen LogP contribution < -0.4 is 22.5 Å². The summed E-state index contributed by atoms with van der Waals surface area (Å²) in [6.45, 7) is 3.98. The summed E-state index contributed by atoms with van der Waals surface area (Å²) < 4.78 is 0. The fourth-order valence-electron chi connectivity index (χ4n) is 3.62. The molecule has 0 radical (unpaired) electrons. The van der Waals surface area contributed by atoms with E-state index in [-0.39, 0.29) is 0 Å². The van der Waals surface area contributed by atoms with Crippen LogP contribution in [0.2, 0.25) is 0 Å². The lowest BCUT2D eigenvalue weighted by Crippen LogP contribution is -2.53. The Balaban J connectivity index is 1.59. The standard InChI is InChI=1S/C26H30N6O2/c1-17(28)24(25(30)33)31-26(34)21-10-8-19(9-11-21)3-2-18-4-6-20(7-5-18)15-32-13-12-23(29)22(14-27)16-32/h4-11,14,17,24,27H,12-13,15-16,28-29H2,1H3,(H2,30,33)(H,31,34). The molecule has 0 saturated heterocycles. The van der Waals surface area contributed by atoms with Gasteiger partial charge in [0.15, 0.2) is 0 Å². The largest absolute Gasteiger partial charge is 0.402 e. The minimum absolute atomic E-state index is 0.391. The number of carbonyl (C=O) groups excluding carboxylic acids is 2. The van der Waals surface area contributed by atoms with Crippen molar-refractivity contribution in [3.63, 3.8) is 0 Å². The average molecular weight is 459 g/mol. The zero-order valence-corrected chi connectivity index (χ0v) is 19.2. The molecule has 1 aliphatic rings. The van der Waals surface area contributed by atoms with Crippen molar-refractivity contribution in [1.82, 2.24) is 10.2 Å². The summed E-state index contributed by atoms with van der Waals surface area (Å²) in [5.41, 5.74) is 21.9. The molecule has 0 bridgehead atoms. The maximum Gasteiger partial charge on any atom is 0.251 e. The first-order valence-electron chi connectivity index (χ1n) is 11.0. The molecule has 8 nitrogen and oxygen atoms in total. The number of hydrogen-bond acceptors (Lipinski definition) is 6. The molecule has 0 saturated carbocycles. The molecule has 8 heteroatoms. The van der Waals surface area contributed by atoms with Crippen LogP contribution in [0.3, 0.4) is 0 Å². The van der Waals surface area contributed by atoms with Crippen molar-refractivity contribution >= 4 is 18.0 Å². The van der Waals surface area contributed by atoms with E-state index in [1.54, 1.807) is 31.2 Å². The number of hydrogen-bond donors (Lipinski definition) is 5. The van der Waals surface area contributed by atoms with Crippen LogP contribution in [0.1, 0.15) is 40.4 Å². The summed E-state index contributed by atoms with van der Waals surface area (Å²) >= 11 is 0. The molecule has 34 heavy (non-hydrogen) atoms. The van der Waals surface area contributed by atoms with Crippen LogP contribution in [-0.2, 0) is 11.3 Å². The third kappa shape index (κ3) is 6.54. The van der Waals surface area contributed by atoms with Crippen LogP contribution in [0.5, 0.6) is 0 Å². The van der Waals surface area contributed by atoms with Gasteiger partial charge in [0.2, 0.25) is 5.91 Å². The van der Waals surface area contributed by atoms with Gasteiger partial charge in [-0.2, -0.15) is 0 Å². The van der Waals surface area contributed by atoms with Gasteiger partial charge in [0.25, 0.3) is 5.91 Å². The summed E-state index contributed by atoms with van der Waals surface area (Å²) in [6.07, 6.45) is 2.13. The molecular formula is C26H30N6O2. The highest BCUT2D eigenvalue weighted by molar-refractivity contribution is 5.97. The van der Waals surface area contributed by atoms with Gasteiger partial charge in [0, 0.05) is 66.3 Å². The summed E-state index contributed by atoms with van der Waals surface area (Å²) in [7, 11) is 0. The van der Waals surface area contributed by atoms with E-state index >= 15 is 0 Å². The molecule has 2 aromatic rings. The lowest BCUT2D eigenvalue weighted by Gasteiger charge is -2.28. The third-order valence-electron chi connectivity index (χ3n) is 5.66. The van der Waals surface area contributed by atoms with Crippen LogP contribution in [0.25, 0.3) is 0 Å². The lowest BCUT2D eigenvalue weighted by molar-refractivity contribution is -0.120. The van der Waals surface area contributed by atoms with Gasteiger partial charge < -0.3 is 27.9 Å². The summed E-state index contributed by atoms with van der Waals surface area (Å²) in [6, 6.07) is 13.3. The van der Waals surface area contributed by atoms with E-state index in [9.17, 15) is 9.59 Å². The molecule has 0 aliphatic carbocycles. The molecule has 8 N–H and O–H groups in total. The van der Waals surface area contributed by atoms with Gasteiger partial charge in [-0.1, -0.05) is 24.0 Å². The van der Waals surface area contributed by atoms with Gasteiger partial charge in [-0.15, -0.1) is 0 Å². The molecule has 0 aromatic heterocycles. The number of rotatable bonds is 7. The van der Waals surface area contributed by atoms with E-state index in [4.69, 9.17) is 22.6 Å². The first-order valence-corrected chi connectivity index (χ1v) is 11.0. The van der Waals surface area contributed by atoms with Crippen molar-refractivity contribution in [2.24, 2.45) is 17.2 Å². The minimum Gasteiger partial charge on any atom is -0.402 e. The molecule has 2 unspecified atom stereocenters. The lowest BCUT2D eigenvalue weighted by atomic mass is 10.1. The highest BCUT2D eigenvalue weighted by Gasteiger charge is 2.22. The number of nitrogens with one attached hydrogen (secondary N) is 2. The van der Waals surface area contributed by atoms with Crippen LogP contribution >= 0.6 is 0 Å². The van der Waals surface area contributed by atoms with E-state index in [0.29, 0.717) is 12.1 Å². The minimum atomic E-state index is -0.933. The van der Waals surface area contributed by atoms with Crippen molar-refractivity contribution in [2.75, 3.05) is 13.1 Å². The molecule has 1 aliphatic heterocycles. The molecule has 2 amide bonds. The highest BCUT2D eigenvalue weighted by Crippen LogP contribution is 2.16. The zero-order chi connectivity index (χ0) is 24.7. The molecule has 3 rings (SSSR count). The maximum absolute atomic E-state index is 12.3. The van der Waals surface area contributed by atoms with Gasteiger partial charge in [0.1, 0.15) is 6.04 Å². The number of carbonyl (C=O) groups is 2. The van der Waals surface area contributed by atoms with Gasteiger partial charge in [0.05, 0.1) is 0 Å². The smallest absolute Gasteiger partial charge is 0.251 e. The molecule has 1 heterocycles. The van der Waals surface area contributed by atoms with Gasteiger partial charge in [-0.25, -0.2) is 0 Å². The molecule has 2 atom stereocenters. The first-order chi connectivity index (χ1) is 16.3. The van der Waals surface area contributed by atoms with Crippen molar-refractivity contribution in [3.05, 3.63) is 82.1 Å². The van der Waals surface area contributed by atoms with Crippen molar-refractivity contribution in [3.8, 4) is 11.8 Å². The fourth-order valence-corrected chi connectivity index (χ4v) is 3.62. The number of benzene rings is 2. The van der Waals surface area contributed by atoms with E-state index in [2.05, 4.69) is 34.2 Å². The van der Waals surface area contributed by atoms with Gasteiger partial charge >= 0.3 is 0 Å². The van der Waals surface area contributed by atoms with E-state index in [0.717, 1.165) is 41.9 Å². The Kier molecular flexibility index (Phi) is 8.19. The van der Waals surface area contributed by atoms with E-state index in [1.807, 2.05) is 12.1 Å². The SMILES string of the molecule is CC(N)C(NC(=O)c1ccc(C#Cc2ccc(CN3CCC(N)=C(C=N)C3)cc2)cc1)C(N)=O. The summed E-state index contributed by atoms with van der Waals surface area (Å²) in [5, 5.41) is 10.0. The zero-order valence-electron chi connectivity index (χ0n) is 19.2. The van der Waals surface area contributed by atoms with Crippen LogP contribution in [-0.4, -0.2) is 48.1 Å². The Bertz CT molecular complexity index is 1140. The average Bonchev–Trinajstić information content (AvgIpc) is 2.83. The number of nitrogens with two attached hydrogens (primary N) is 3. The second-order valence-electron chi connectivity index (χ2n) is 8.39. The Morgan fingerprint density at radius 1 is 1.12 bits per heavy atom. The molecule has 176 valence electrons. The summed E-state index contributed by atoms with van der Waals surface area (Å²) in [4.78, 5) is 26.1. The monoisotopic (exact) mass is 458 g/mol.